The first-order chi connectivity index (χ1) is 9.60. The van der Waals surface area contributed by atoms with Crippen molar-refractivity contribution in [1.29, 1.82) is 0 Å². The van der Waals surface area contributed by atoms with Crippen molar-refractivity contribution in [1.82, 2.24) is 0 Å². The summed E-state index contributed by atoms with van der Waals surface area (Å²) >= 11 is 0. The lowest BCUT2D eigenvalue weighted by Crippen LogP contribution is -2.13. The topological polar surface area (TPSA) is 149 Å². The van der Waals surface area contributed by atoms with E-state index < -0.39 is 18.6 Å². The van der Waals surface area contributed by atoms with E-state index in [1.165, 1.54) is 0 Å². The number of ether oxygens (including phenoxy) is 3. The fraction of sp³-hybridized carbons (Fsp3) is 0.364. The number of azide groups is 1. The first-order valence-electron chi connectivity index (χ1n) is 5.72. The van der Waals surface area contributed by atoms with Gasteiger partial charge in [-0.05, 0) is 23.2 Å². The monoisotopic (exact) mass is 279 g/mol. The van der Waals surface area contributed by atoms with E-state index in [4.69, 9.17) is 26.5 Å². The van der Waals surface area contributed by atoms with Crippen LogP contribution in [0.25, 0.3) is 10.4 Å². The Balaban J connectivity index is 2.13. The lowest BCUT2D eigenvalue weighted by molar-refractivity contribution is 0.150. The molecule has 1 aromatic rings. The maximum atomic E-state index is 10.6. The zero-order valence-electron chi connectivity index (χ0n) is 10.4. The highest BCUT2D eigenvalue weighted by Gasteiger charge is 2.38. The maximum Gasteiger partial charge on any atom is 0.404 e. The molecule has 0 saturated carbocycles. The van der Waals surface area contributed by atoms with Crippen LogP contribution >= 0.6 is 0 Å². The smallest absolute Gasteiger partial charge is 0.404 e. The molecule has 1 fully saturated rings. The highest BCUT2D eigenvalue weighted by atomic mass is 16.8. The van der Waals surface area contributed by atoms with Crippen LogP contribution in [-0.2, 0) is 22.6 Å². The largest absolute Gasteiger partial charge is 0.460 e. The fourth-order valence-corrected chi connectivity index (χ4v) is 1.55. The van der Waals surface area contributed by atoms with Crippen molar-refractivity contribution in [2.75, 3.05) is 0 Å². The van der Waals surface area contributed by atoms with Crippen molar-refractivity contribution >= 4 is 6.09 Å². The number of benzene rings is 1. The Kier molecular flexibility index (Phi) is 4.26. The molecular weight excluding hydrogens is 266 g/mol. The number of amides is 1. The molecule has 2 atom stereocenters. The third kappa shape index (κ3) is 3.75. The zero-order chi connectivity index (χ0) is 14.5. The molecule has 2 rings (SSSR count). The van der Waals surface area contributed by atoms with Crippen LogP contribution in [0.1, 0.15) is 11.1 Å². The molecule has 1 amide bonds. The molecule has 9 nitrogen and oxygen atoms in total. The summed E-state index contributed by atoms with van der Waals surface area (Å²) in [6, 6.07) is 5.06. The summed E-state index contributed by atoms with van der Waals surface area (Å²) in [6.07, 6.45) is -1.80. The highest BCUT2D eigenvalue weighted by Crippen LogP contribution is 2.27. The fourth-order valence-electron chi connectivity index (χ4n) is 1.55. The van der Waals surface area contributed by atoms with E-state index in [1.54, 1.807) is 18.2 Å². The lowest BCUT2D eigenvalue weighted by atomic mass is 10.1. The van der Waals surface area contributed by atoms with Gasteiger partial charge < -0.3 is 25.7 Å². The first kappa shape index (κ1) is 13.9. The molecule has 0 spiro atoms. The molecule has 2 unspecified atom stereocenters. The summed E-state index contributed by atoms with van der Waals surface area (Å²) in [5.74, 6) is 0.498. The number of primary amides is 1. The van der Waals surface area contributed by atoms with Crippen LogP contribution in [0, 0.1) is 0 Å². The molecule has 0 aromatic heterocycles. The van der Waals surface area contributed by atoms with Crippen LogP contribution in [0.4, 0.5) is 4.79 Å². The minimum atomic E-state index is -0.862. The van der Waals surface area contributed by atoms with Gasteiger partial charge in [-0.2, -0.15) is 0 Å². The Hall–Kier alpha value is -2.48. The predicted molar refractivity (Wildman–Crippen MR) is 67.1 cm³/mol. The van der Waals surface area contributed by atoms with Gasteiger partial charge in [-0.25, -0.2) is 4.79 Å². The van der Waals surface area contributed by atoms with E-state index in [0.29, 0.717) is 16.9 Å². The van der Waals surface area contributed by atoms with Gasteiger partial charge in [0.1, 0.15) is 12.4 Å². The molecule has 1 saturated heterocycles. The van der Waals surface area contributed by atoms with Crippen LogP contribution in [0.2, 0.25) is 0 Å². The predicted octanol–water partition coefficient (Wildman–Crippen LogP) is 1.11. The number of carbonyl (C=O) groups is 1. The summed E-state index contributed by atoms with van der Waals surface area (Å²) in [6.45, 7) is 0.122. The summed E-state index contributed by atoms with van der Waals surface area (Å²) in [7, 11) is 0. The van der Waals surface area contributed by atoms with Crippen molar-refractivity contribution in [2.45, 2.75) is 25.7 Å². The molecule has 20 heavy (non-hydrogen) atoms. The van der Waals surface area contributed by atoms with Gasteiger partial charge in [0.25, 0.3) is 0 Å². The van der Waals surface area contributed by atoms with Gasteiger partial charge in [-0.3, -0.25) is 0 Å². The van der Waals surface area contributed by atoms with Gasteiger partial charge in [0, 0.05) is 10.5 Å². The van der Waals surface area contributed by atoms with Gasteiger partial charge in [-0.15, -0.1) is 0 Å². The van der Waals surface area contributed by atoms with E-state index >= 15 is 0 Å². The van der Waals surface area contributed by atoms with Gasteiger partial charge in [0.2, 0.25) is 6.29 Å². The Bertz CT molecular complexity index is 558. The molecular formula is C11H13N5O4. The minimum Gasteiger partial charge on any atom is -0.460 e. The standard InChI is InChI=1S/C11H13N5O4/c12-9-10(20-9)19-8-2-1-6(5-18-11(13)17)3-7(8)4-15-16-14/h1-3,9-10H,4-5,12H2,(H2,13,17). The third-order valence-corrected chi connectivity index (χ3v) is 2.54. The molecule has 0 radical (unpaired) electrons. The van der Waals surface area contributed by atoms with Gasteiger partial charge in [0.05, 0.1) is 6.54 Å². The normalized spacial score (nSPS) is 19.9. The third-order valence-electron chi connectivity index (χ3n) is 2.54. The van der Waals surface area contributed by atoms with Crippen molar-refractivity contribution < 1.29 is 19.0 Å². The number of nitrogens with zero attached hydrogens (tertiary/aromatic N) is 3. The van der Waals surface area contributed by atoms with Gasteiger partial charge in [-0.1, -0.05) is 11.2 Å². The summed E-state index contributed by atoms with van der Waals surface area (Å²) in [4.78, 5) is 13.3. The number of rotatable bonds is 6. The molecule has 9 heteroatoms. The van der Waals surface area contributed by atoms with E-state index in [0.717, 1.165) is 0 Å². The summed E-state index contributed by atoms with van der Waals surface area (Å²) < 4.78 is 15.1. The second kappa shape index (κ2) is 6.11. The Morgan fingerprint density at radius 1 is 1.55 bits per heavy atom. The SMILES string of the molecule is [N-]=[N+]=NCc1cc(COC(N)=O)ccc1OC1OC1N. The first-order valence-corrected chi connectivity index (χ1v) is 5.72. The van der Waals surface area contributed by atoms with Crippen LogP contribution in [0.15, 0.2) is 23.3 Å². The van der Waals surface area contributed by atoms with E-state index in [-0.39, 0.29) is 13.2 Å². The van der Waals surface area contributed by atoms with E-state index in [2.05, 4.69) is 14.8 Å². The number of epoxide rings is 1. The molecule has 106 valence electrons. The number of nitrogens with two attached hydrogens (primary N) is 2. The summed E-state index contributed by atoms with van der Waals surface area (Å²) in [5.41, 5.74) is 20.1. The zero-order valence-corrected chi connectivity index (χ0v) is 10.4. The Labute approximate surface area is 114 Å². The molecule has 0 bridgehead atoms. The average molecular weight is 279 g/mol. The Morgan fingerprint density at radius 3 is 2.90 bits per heavy atom. The minimum absolute atomic E-state index is 0.0261. The average Bonchev–Trinajstić information content (AvgIpc) is 3.11. The van der Waals surface area contributed by atoms with E-state index in [1.807, 2.05) is 0 Å². The lowest BCUT2D eigenvalue weighted by Gasteiger charge is -2.10. The quantitative estimate of drug-likeness (QED) is 0.346. The second-order valence-electron chi connectivity index (χ2n) is 4.03. The van der Waals surface area contributed by atoms with Crippen molar-refractivity contribution in [2.24, 2.45) is 16.6 Å². The molecule has 0 aliphatic carbocycles. The molecule has 1 aromatic carbocycles. The number of hydrogen-bond acceptors (Lipinski definition) is 6. The van der Waals surface area contributed by atoms with Crippen molar-refractivity contribution in [3.05, 3.63) is 39.8 Å². The number of hydrogen-bond donors (Lipinski definition) is 2. The Morgan fingerprint density at radius 2 is 2.30 bits per heavy atom. The van der Waals surface area contributed by atoms with Crippen molar-refractivity contribution in [3.8, 4) is 5.75 Å². The molecule has 1 aliphatic rings. The van der Waals surface area contributed by atoms with Crippen LogP contribution < -0.4 is 16.2 Å². The van der Waals surface area contributed by atoms with Crippen molar-refractivity contribution in [3.63, 3.8) is 0 Å². The van der Waals surface area contributed by atoms with Gasteiger partial charge in [0.15, 0.2) is 6.23 Å². The molecule has 4 N–H and O–H groups in total. The van der Waals surface area contributed by atoms with Crippen LogP contribution in [0.5, 0.6) is 5.75 Å². The van der Waals surface area contributed by atoms with Gasteiger partial charge >= 0.3 is 6.09 Å². The number of carbonyl (C=O) groups excluding carboxylic acids is 1. The van der Waals surface area contributed by atoms with Crippen LogP contribution in [0.3, 0.4) is 0 Å². The van der Waals surface area contributed by atoms with E-state index in [9.17, 15) is 4.79 Å². The molecule has 1 aliphatic heterocycles. The highest BCUT2D eigenvalue weighted by molar-refractivity contribution is 5.64. The molecule has 1 heterocycles. The second-order valence-corrected chi connectivity index (χ2v) is 4.03. The van der Waals surface area contributed by atoms with Crippen LogP contribution in [-0.4, -0.2) is 18.6 Å². The summed E-state index contributed by atoms with van der Waals surface area (Å²) in [5, 5.41) is 3.48. The maximum absolute atomic E-state index is 10.6.